The van der Waals surface area contributed by atoms with Crippen LogP contribution in [0.3, 0.4) is 0 Å². The number of nitro groups is 1. The van der Waals surface area contributed by atoms with Crippen LogP contribution in [-0.4, -0.2) is 35.9 Å². The molecule has 1 aliphatic heterocycles. The minimum atomic E-state index is -0.626. The van der Waals surface area contributed by atoms with Crippen LogP contribution in [0.15, 0.2) is 18.2 Å². The van der Waals surface area contributed by atoms with Crippen LogP contribution < -0.4 is 5.32 Å². The first-order valence-electron chi connectivity index (χ1n) is 6.63. The molecule has 1 aliphatic rings. The van der Waals surface area contributed by atoms with E-state index in [2.05, 4.69) is 5.32 Å². The number of hydrogen-bond donors (Lipinski definition) is 1. The van der Waals surface area contributed by atoms with Gasteiger partial charge in [-0.05, 0) is 32.9 Å². The van der Waals surface area contributed by atoms with Crippen LogP contribution in [0, 0.1) is 17.0 Å². The molecule has 1 aromatic carbocycles. The van der Waals surface area contributed by atoms with Crippen LogP contribution >= 0.6 is 0 Å². The van der Waals surface area contributed by atoms with Gasteiger partial charge in [0, 0.05) is 23.7 Å². The molecule has 114 valence electrons. The highest BCUT2D eigenvalue weighted by molar-refractivity contribution is 5.94. The summed E-state index contributed by atoms with van der Waals surface area (Å²) in [6.45, 7) is 5.99. The highest BCUT2D eigenvalue weighted by atomic mass is 16.7. The molecule has 2 rings (SSSR count). The van der Waals surface area contributed by atoms with Gasteiger partial charge in [-0.25, -0.2) is 0 Å². The summed E-state index contributed by atoms with van der Waals surface area (Å²) >= 11 is 0. The Balaban J connectivity index is 1.95. The van der Waals surface area contributed by atoms with Crippen molar-refractivity contribution in [2.45, 2.75) is 32.7 Å². The minimum absolute atomic E-state index is 0.000765. The molecule has 1 unspecified atom stereocenters. The number of nitro benzene ring substituents is 1. The maximum absolute atomic E-state index is 12.0. The van der Waals surface area contributed by atoms with Crippen LogP contribution in [0.1, 0.15) is 29.8 Å². The van der Waals surface area contributed by atoms with Crippen LogP contribution in [-0.2, 0) is 9.47 Å². The number of aryl methyl sites for hydroxylation is 1. The summed E-state index contributed by atoms with van der Waals surface area (Å²) in [5.41, 5.74) is 0.839. The average molecular weight is 294 g/mol. The third kappa shape index (κ3) is 3.77. The molecule has 1 N–H and O–H groups in total. The predicted octanol–water partition coefficient (Wildman–Crippen LogP) is 1.78. The molecule has 1 atom stereocenters. The molecule has 7 heteroatoms. The minimum Gasteiger partial charge on any atom is -0.349 e. The Bertz CT molecular complexity index is 570. The van der Waals surface area contributed by atoms with Crippen molar-refractivity contribution in [1.29, 1.82) is 0 Å². The van der Waals surface area contributed by atoms with Crippen LogP contribution in [0.2, 0.25) is 0 Å². The van der Waals surface area contributed by atoms with Gasteiger partial charge in [-0.15, -0.1) is 0 Å². The Labute approximate surface area is 122 Å². The Morgan fingerprint density at radius 3 is 2.76 bits per heavy atom. The van der Waals surface area contributed by atoms with Crippen molar-refractivity contribution in [2.24, 2.45) is 0 Å². The van der Waals surface area contributed by atoms with E-state index in [9.17, 15) is 14.9 Å². The first kappa shape index (κ1) is 15.4. The normalized spacial score (nSPS) is 20.2. The number of nitrogens with one attached hydrogen (secondary N) is 1. The van der Waals surface area contributed by atoms with Crippen LogP contribution in [0.25, 0.3) is 0 Å². The molecule has 0 aromatic heterocycles. The maximum Gasteiger partial charge on any atom is 0.272 e. The molecule has 1 saturated heterocycles. The van der Waals surface area contributed by atoms with Crippen molar-refractivity contribution in [3.05, 3.63) is 39.4 Å². The first-order chi connectivity index (χ1) is 9.78. The maximum atomic E-state index is 12.0. The number of nitrogens with zero attached hydrogens (tertiary/aromatic N) is 1. The zero-order valence-corrected chi connectivity index (χ0v) is 12.2. The number of ether oxygens (including phenoxy) is 2. The van der Waals surface area contributed by atoms with E-state index in [1.165, 1.54) is 18.2 Å². The van der Waals surface area contributed by atoms with Gasteiger partial charge in [0.25, 0.3) is 11.6 Å². The first-order valence-corrected chi connectivity index (χ1v) is 6.63. The highest BCUT2D eigenvalue weighted by Crippen LogP contribution is 2.22. The number of rotatable bonds is 4. The van der Waals surface area contributed by atoms with E-state index in [1.54, 1.807) is 6.92 Å². The molecular formula is C14H18N2O5. The largest absolute Gasteiger partial charge is 0.349 e. The molecule has 0 radical (unpaired) electrons. The SMILES string of the molecule is Cc1cc(C(=O)NCC2COC(C)(C)O2)ccc1[N+](=O)[O-]. The summed E-state index contributed by atoms with van der Waals surface area (Å²) in [6, 6.07) is 4.28. The van der Waals surface area contributed by atoms with Crippen LogP contribution in [0.5, 0.6) is 0 Å². The average Bonchev–Trinajstić information content (AvgIpc) is 2.75. The number of carbonyl (C=O) groups is 1. The standard InChI is InChI=1S/C14H18N2O5/c1-9-6-10(4-5-12(9)16(18)19)13(17)15-7-11-8-20-14(2,3)21-11/h4-6,11H,7-8H2,1-3H3,(H,15,17). The highest BCUT2D eigenvalue weighted by Gasteiger charge is 2.32. The molecule has 1 amide bonds. The van der Waals surface area contributed by atoms with E-state index in [0.717, 1.165) is 0 Å². The Morgan fingerprint density at radius 2 is 2.24 bits per heavy atom. The topological polar surface area (TPSA) is 90.7 Å². The zero-order valence-electron chi connectivity index (χ0n) is 12.2. The van der Waals surface area contributed by atoms with Crippen molar-refractivity contribution < 1.29 is 19.2 Å². The quantitative estimate of drug-likeness (QED) is 0.675. The summed E-state index contributed by atoms with van der Waals surface area (Å²) in [5.74, 6) is -0.916. The summed E-state index contributed by atoms with van der Waals surface area (Å²) in [7, 11) is 0. The predicted molar refractivity (Wildman–Crippen MR) is 75.1 cm³/mol. The second kappa shape index (κ2) is 5.79. The van der Waals surface area contributed by atoms with Crippen molar-refractivity contribution in [1.82, 2.24) is 5.32 Å². The molecule has 0 bridgehead atoms. The fraction of sp³-hybridized carbons (Fsp3) is 0.500. The van der Waals surface area contributed by atoms with E-state index in [-0.39, 0.29) is 17.7 Å². The summed E-state index contributed by atoms with van der Waals surface area (Å²) < 4.78 is 11.0. The second-order valence-corrected chi connectivity index (χ2v) is 5.42. The fourth-order valence-corrected chi connectivity index (χ4v) is 2.17. The molecule has 1 fully saturated rings. The van der Waals surface area contributed by atoms with Gasteiger partial charge in [-0.2, -0.15) is 0 Å². The second-order valence-electron chi connectivity index (χ2n) is 5.42. The van der Waals surface area contributed by atoms with E-state index in [1.807, 2.05) is 13.8 Å². The molecule has 1 heterocycles. The Hall–Kier alpha value is -1.99. The Morgan fingerprint density at radius 1 is 1.52 bits per heavy atom. The van der Waals surface area contributed by atoms with E-state index in [0.29, 0.717) is 24.3 Å². The van der Waals surface area contributed by atoms with Crippen molar-refractivity contribution >= 4 is 11.6 Å². The fourth-order valence-electron chi connectivity index (χ4n) is 2.17. The van der Waals surface area contributed by atoms with E-state index >= 15 is 0 Å². The molecule has 7 nitrogen and oxygen atoms in total. The molecule has 0 saturated carbocycles. The Kier molecular flexibility index (Phi) is 4.24. The summed E-state index contributed by atoms with van der Waals surface area (Å²) in [6.07, 6.45) is -0.192. The van der Waals surface area contributed by atoms with Crippen molar-refractivity contribution in [2.75, 3.05) is 13.2 Å². The number of benzene rings is 1. The van der Waals surface area contributed by atoms with Gasteiger partial charge in [0.2, 0.25) is 0 Å². The lowest BCUT2D eigenvalue weighted by Gasteiger charge is -2.17. The molecule has 0 spiro atoms. The lowest BCUT2D eigenvalue weighted by Crippen LogP contribution is -2.34. The smallest absolute Gasteiger partial charge is 0.272 e. The van der Waals surface area contributed by atoms with Gasteiger partial charge in [-0.3, -0.25) is 14.9 Å². The van der Waals surface area contributed by atoms with Gasteiger partial charge in [0.1, 0.15) is 6.10 Å². The monoisotopic (exact) mass is 294 g/mol. The van der Waals surface area contributed by atoms with Crippen molar-refractivity contribution in [3.63, 3.8) is 0 Å². The lowest BCUT2D eigenvalue weighted by atomic mass is 10.1. The van der Waals surface area contributed by atoms with E-state index < -0.39 is 10.7 Å². The van der Waals surface area contributed by atoms with Gasteiger partial charge in [0.15, 0.2) is 5.79 Å². The molecule has 0 aliphatic carbocycles. The molecule has 1 aromatic rings. The van der Waals surface area contributed by atoms with E-state index in [4.69, 9.17) is 9.47 Å². The van der Waals surface area contributed by atoms with Gasteiger partial charge in [0.05, 0.1) is 11.5 Å². The third-order valence-electron chi connectivity index (χ3n) is 3.21. The van der Waals surface area contributed by atoms with Gasteiger partial charge >= 0.3 is 0 Å². The summed E-state index contributed by atoms with van der Waals surface area (Å²) in [4.78, 5) is 22.3. The number of amides is 1. The molecule has 21 heavy (non-hydrogen) atoms. The van der Waals surface area contributed by atoms with Gasteiger partial charge in [-0.1, -0.05) is 0 Å². The number of carbonyl (C=O) groups excluding carboxylic acids is 1. The third-order valence-corrected chi connectivity index (χ3v) is 3.21. The van der Waals surface area contributed by atoms with Crippen molar-refractivity contribution in [3.8, 4) is 0 Å². The molecular weight excluding hydrogens is 276 g/mol. The van der Waals surface area contributed by atoms with Crippen LogP contribution in [0.4, 0.5) is 5.69 Å². The summed E-state index contributed by atoms with van der Waals surface area (Å²) in [5, 5.41) is 13.5. The number of hydrogen-bond acceptors (Lipinski definition) is 5. The van der Waals surface area contributed by atoms with Gasteiger partial charge < -0.3 is 14.8 Å². The zero-order chi connectivity index (χ0) is 15.6. The lowest BCUT2D eigenvalue weighted by molar-refractivity contribution is -0.385.